The van der Waals surface area contributed by atoms with Crippen molar-refractivity contribution in [3.05, 3.63) is 47.5 Å². The van der Waals surface area contributed by atoms with E-state index in [0.29, 0.717) is 0 Å². The first-order valence-corrected chi connectivity index (χ1v) is 8.24. The molecule has 1 saturated carbocycles. The van der Waals surface area contributed by atoms with Gasteiger partial charge in [0.15, 0.2) is 0 Å². The van der Waals surface area contributed by atoms with Gasteiger partial charge in [0.2, 0.25) is 0 Å². The van der Waals surface area contributed by atoms with Gasteiger partial charge in [0.05, 0.1) is 11.6 Å². The number of fused-ring (bicyclic) bond motifs is 1. The predicted molar refractivity (Wildman–Crippen MR) is 88.3 cm³/mol. The van der Waals surface area contributed by atoms with E-state index in [4.69, 9.17) is 5.26 Å². The summed E-state index contributed by atoms with van der Waals surface area (Å²) in [6.45, 7) is 2.30. The van der Waals surface area contributed by atoms with Crippen molar-refractivity contribution in [2.45, 2.75) is 51.4 Å². The van der Waals surface area contributed by atoms with Crippen LogP contribution in [-0.2, 0) is 0 Å². The van der Waals surface area contributed by atoms with Crippen LogP contribution in [0.2, 0.25) is 0 Å². The van der Waals surface area contributed by atoms with Gasteiger partial charge in [0.25, 0.3) is 0 Å². The molecule has 0 amide bonds. The predicted octanol–water partition coefficient (Wildman–Crippen LogP) is 5.79. The highest BCUT2D eigenvalue weighted by atomic mass is 14.3. The van der Waals surface area contributed by atoms with Crippen LogP contribution < -0.4 is 0 Å². The maximum atomic E-state index is 8.97. The quantitative estimate of drug-likeness (QED) is 0.697. The maximum absolute atomic E-state index is 8.97. The summed E-state index contributed by atoms with van der Waals surface area (Å²) in [5.41, 5.74) is 2.23. The fourth-order valence-corrected chi connectivity index (χ4v) is 3.78. The first kappa shape index (κ1) is 14.1. The molecule has 0 saturated heterocycles. The minimum Gasteiger partial charge on any atom is -0.192 e. The van der Waals surface area contributed by atoms with Crippen LogP contribution in [0.5, 0.6) is 0 Å². The fraction of sp³-hybridized carbons (Fsp3) is 0.450. The SMILES string of the molecule is CCCC1CCC(c2ccc3cc(C#N)ccc3c2)CC1. The van der Waals surface area contributed by atoms with E-state index in [1.165, 1.54) is 54.9 Å². The zero-order chi connectivity index (χ0) is 14.7. The summed E-state index contributed by atoms with van der Waals surface area (Å²) < 4.78 is 0. The third-order valence-corrected chi connectivity index (χ3v) is 5.01. The molecule has 1 fully saturated rings. The molecule has 1 heteroatoms. The first-order chi connectivity index (χ1) is 10.3. The summed E-state index contributed by atoms with van der Waals surface area (Å²) >= 11 is 0. The van der Waals surface area contributed by atoms with Crippen LogP contribution in [0.3, 0.4) is 0 Å². The van der Waals surface area contributed by atoms with Crippen molar-refractivity contribution in [2.75, 3.05) is 0 Å². The topological polar surface area (TPSA) is 23.8 Å². The molecule has 0 atom stereocenters. The molecule has 0 heterocycles. The molecule has 0 bridgehead atoms. The molecule has 0 radical (unpaired) electrons. The third-order valence-electron chi connectivity index (χ3n) is 5.01. The number of rotatable bonds is 3. The lowest BCUT2D eigenvalue weighted by molar-refractivity contribution is 0.308. The average Bonchev–Trinajstić information content (AvgIpc) is 2.55. The van der Waals surface area contributed by atoms with Crippen molar-refractivity contribution < 1.29 is 0 Å². The van der Waals surface area contributed by atoms with E-state index >= 15 is 0 Å². The molecule has 3 rings (SSSR count). The Morgan fingerprint density at radius 2 is 1.71 bits per heavy atom. The summed E-state index contributed by atoms with van der Waals surface area (Å²) in [4.78, 5) is 0. The van der Waals surface area contributed by atoms with Crippen LogP contribution in [0, 0.1) is 17.2 Å². The van der Waals surface area contributed by atoms with Gasteiger partial charge >= 0.3 is 0 Å². The number of nitrogens with zero attached hydrogens (tertiary/aromatic N) is 1. The Morgan fingerprint density at radius 3 is 2.43 bits per heavy atom. The number of benzene rings is 2. The second kappa shape index (κ2) is 6.31. The molecule has 21 heavy (non-hydrogen) atoms. The van der Waals surface area contributed by atoms with E-state index in [1.807, 2.05) is 12.1 Å². The van der Waals surface area contributed by atoms with Gasteiger partial charge < -0.3 is 0 Å². The molecule has 108 valence electrons. The van der Waals surface area contributed by atoms with E-state index in [9.17, 15) is 0 Å². The number of nitriles is 1. The normalized spacial score (nSPS) is 22.1. The fourth-order valence-electron chi connectivity index (χ4n) is 3.78. The van der Waals surface area contributed by atoms with Gasteiger partial charge in [-0.25, -0.2) is 0 Å². The van der Waals surface area contributed by atoms with Crippen LogP contribution >= 0.6 is 0 Å². The summed E-state index contributed by atoms with van der Waals surface area (Å²) in [7, 11) is 0. The Labute approximate surface area is 127 Å². The molecule has 0 N–H and O–H groups in total. The largest absolute Gasteiger partial charge is 0.192 e. The summed E-state index contributed by atoms with van der Waals surface area (Å²) in [6, 6.07) is 15.0. The van der Waals surface area contributed by atoms with Gasteiger partial charge in [0, 0.05) is 0 Å². The monoisotopic (exact) mass is 277 g/mol. The lowest BCUT2D eigenvalue weighted by atomic mass is 9.77. The van der Waals surface area contributed by atoms with Gasteiger partial charge in [-0.3, -0.25) is 0 Å². The van der Waals surface area contributed by atoms with Crippen molar-refractivity contribution in [2.24, 2.45) is 5.92 Å². The van der Waals surface area contributed by atoms with E-state index in [2.05, 4.69) is 37.3 Å². The van der Waals surface area contributed by atoms with E-state index < -0.39 is 0 Å². The molecule has 1 aliphatic rings. The molecule has 0 aromatic heterocycles. The second-order valence-corrected chi connectivity index (χ2v) is 6.44. The van der Waals surface area contributed by atoms with Crippen molar-refractivity contribution in [3.8, 4) is 6.07 Å². The van der Waals surface area contributed by atoms with Crippen molar-refractivity contribution >= 4 is 10.8 Å². The highest BCUT2D eigenvalue weighted by Gasteiger charge is 2.21. The van der Waals surface area contributed by atoms with Gasteiger partial charge in [-0.05, 0) is 66.0 Å². The van der Waals surface area contributed by atoms with Gasteiger partial charge in [-0.2, -0.15) is 5.26 Å². The third kappa shape index (κ3) is 3.10. The van der Waals surface area contributed by atoms with Crippen molar-refractivity contribution in [1.82, 2.24) is 0 Å². The standard InChI is InChI=1S/C20H23N/c1-2-3-15-4-7-17(8-5-15)19-11-10-18-12-16(14-21)6-9-20(18)13-19/h6,9-13,15,17H,2-5,7-8H2,1H3. The molecule has 1 aliphatic carbocycles. The number of hydrogen-bond acceptors (Lipinski definition) is 1. The average molecular weight is 277 g/mol. The maximum Gasteiger partial charge on any atom is 0.0991 e. The summed E-state index contributed by atoms with van der Waals surface area (Å²) in [6.07, 6.45) is 8.20. The number of hydrogen-bond donors (Lipinski definition) is 0. The Hall–Kier alpha value is -1.81. The van der Waals surface area contributed by atoms with Crippen LogP contribution in [-0.4, -0.2) is 0 Å². The van der Waals surface area contributed by atoms with Crippen LogP contribution in [0.4, 0.5) is 0 Å². The Balaban J connectivity index is 1.78. The van der Waals surface area contributed by atoms with Gasteiger partial charge in [0.1, 0.15) is 0 Å². The lowest BCUT2D eigenvalue weighted by Gasteiger charge is -2.28. The Kier molecular flexibility index (Phi) is 4.25. The minimum absolute atomic E-state index is 0.734. The highest BCUT2D eigenvalue weighted by Crippen LogP contribution is 2.38. The molecule has 0 spiro atoms. The molecular weight excluding hydrogens is 254 g/mol. The smallest absolute Gasteiger partial charge is 0.0991 e. The summed E-state index contributed by atoms with van der Waals surface area (Å²) in [5, 5.41) is 11.4. The van der Waals surface area contributed by atoms with E-state index in [-0.39, 0.29) is 0 Å². The Bertz CT molecular complexity index is 657. The van der Waals surface area contributed by atoms with Crippen LogP contribution in [0.25, 0.3) is 10.8 Å². The van der Waals surface area contributed by atoms with Crippen molar-refractivity contribution in [3.63, 3.8) is 0 Å². The van der Waals surface area contributed by atoms with E-state index in [1.54, 1.807) is 0 Å². The van der Waals surface area contributed by atoms with Crippen LogP contribution in [0.1, 0.15) is 62.5 Å². The van der Waals surface area contributed by atoms with Gasteiger partial charge in [-0.1, -0.05) is 44.0 Å². The zero-order valence-corrected chi connectivity index (χ0v) is 12.8. The first-order valence-electron chi connectivity index (χ1n) is 8.24. The lowest BCUT2D eigenvalue weighted by Crippen LogP contribution is -2.13. The molecule has 0 aliphatic heterocycles. The molecule has 2 aromatic carbocycles. The summed E-state index contributed by atoms with van der Waals surface area (Å²) in [5.74, 6) is 1.70. The minimum atomic E-state index is 0.734. The highest BCUT2D eigenvalue weighted by molar-refractivity contribution is 5.84. The van der Waals surface area contributed by atoms with Gasteiger partial charge in [-0.15, -0.1) is 0 Å². The van der Waals surface area contributed by atoms with Crippen LogP contribution in [0.15, 0.2) is 36.4 Å². The molecule has 1 nitrogen and oxygen atoms in total. The zero-order valence-electron chi connectivity index (χ0n) is 12.8. The van der Waals surface area contributed by atoms with E-state index in [0.717, 1.165) is 17.4 Å². The molecule has 2 aromatic rings. The molecular formula is C20H23N. The van der Waals surface area contributed by atoms with Crippen molar-refractivity contribution in [1.29, 1.82) is 5.26 Å². The Morgan fingerprint density at radius 1 is 1.00 bits per heavy atom. The second-order valence-electron chi connectivity index (χ2n) is 6.44. The molecule has 0 unspecified atom stereocenters.